The van der Waals surface area contributed by atoms with Crippen molar-refractivity contribution in [2.24, 2.45) is 0 Å². The fraction of sp³-hybridized carbons (Fsp3) is 0.0833. The van der Waals surface area contributed by atoms with E-state index in [9.17, 15) is 4.39 Å². The van der Waals surface area contributed by atoms with Crippen molar-refractivity contribution < 1.29 is 14.2 Å². The van der Waals surface area contributed by atoms with Crippen LogP contribution in [0.1, 0.15) is 5.69 Å². The van der Waals surface area contributed by atoms with E-state index >= 15 is 0 Å². The topological polar surface area (TPSA) is 42.4 Å². The third-order valence-corrected chi connectivity index (χ3v) is 2.42. The van der Waals surface area contributed by atoms with E-state index in [1.807, 2.05) is 0 Å². The summed E-state index contributed by atoms with van der Waals surface area (Å²) < 4.78 is 18.1. The molecule has 0 unspecified atom stereocenters. The van der Waals surface area contributed by atoms with E-state index in [1.54, 1.807) is 12.1 Å². The molecule has 1 N–H and O–H groups in total. The second-order valence-electron chi connectivity index (χ2n) is 3.29. The number of aromatic nitrogens is 1. The van der Waals surface area contributed by atoms with Gasteiger partial charge < -0.3 is 9.84 Å². The number of benzene rings is 1. The summed E-state index contributed by atoms with van der Waals surface area (Å²) in [6, 6.07) is 8.72. The summed E-state index contributed by atoms with van der Waals surface area (Å²) in [6.45, 7) is -0.264. The summed E-state index contributed by atoms with van der Waals surface area (Å²) in [7, 11) is 0. The van der Waals surface area contributed by atoms with Crippen LogP contribution in [0.3, 0.4) is 0 Å². The molecular formula is C12H9ClFNO2. The van der Waals surface area contributed by atoms with Crippen molar-refractivity contribution in [1.29, 1.82) is 0 Å². The second kappa shape index (κ2) is 5.12. The Hall–Kier alpha value is -1.65. The highest BCUT2D eigenvalue weighted by Crippen LogP contribution is 2.23. The van der Waals surface area contributed by atoms with Gasteiger partial charge in [0.1, 0.15) is 11.6 Å². The molecule has 0 atom stereocenters. The molecule has 2 aromatic rings. The SMILES string of the molecule is OCc1nc(Oc2ccc(F)cc2)ccc1Cl. The van der Waals surface area contributed by atoms with E-state index in [0.29, 0.717) is 22.3 Å². The summed E-state index contributed by atoms with van der Waals surface area (Å²) in [4.78, 5) is 4.01. The Balaban J connectivity index is 2.21. The van der Waals surface area contributed by atoms with Crippen molar-refractivity contribution in [3.63, 3.8) is 0 Å². The lowest BCUT2D eigenvalue weighted by Crippen LogP contribution is -1.94. The van der Waals surface area contributed by atoms with Crippen LogP contribution in [0.25, 0.3) is 0 Å². The Bertz CT molecular complexity index is 516. The van der Waals surface area contributed by atoms with Crippen LogP contribution in [0.2, 0.25) is 5.02 Å². The van der Waals surface area contributed by atoms with Crippen LogP contribution in [-0.4, -0.2) is 10.1 Å². The van der Waals surface area contributed by atoms with E-state index in [0.717, 1.165) is 0 Å². The normalized spacial score (nSPS) is 10.3. The molecule has 0 spiro atoms. The van der Waals surface area contributed by atoms with Crippen LogP contribution in [0.4, 0.5) is 4.39 Å². The molecule has 0 aliphatic carbocycles. The van der Waals surface area contributed by atoms with Gasteiger partial charge in [-0.05, 0) is 30.3 Å². The van der Waals surface area contributed by atoms with Gasteiger partial charge in [0, 0.05) is 6.07 Å². The third-order valence-electron chi connectivity index (χ3n) is 2.08. The van der Waals surface area contributed by atoms with Gasteiger partial charge in [0.25, 0.3) is 0 Å². The number of aliphatic hydroxyl groups is 1. The van der Waals surface area contributed by atoms with Gasteiger partial charge in [0.2, 0.25) is 5.88 Å². The average molecular weight is 254 g/mol. The van der Waals surface area contributed by atoms with E-state index < -0.39 is 0 Å². The van der Waals surface area contributed by atoms with Crippen molar-refractivity contribution in [2.45, 2.75) is 6.61 Å². The van der Waals surface area contributed by atoms with Crippen LogP contribution < -0.4 is 4.74 Å². The van der Waals surface area contributed by atoms with Gasteiger partial charge in [-0.25, -0.2) is 9.37 Å². The summed E-state index contributed by atoms with van der Waals surface area (Å²) in [5.41, 5.74) is 0.339. The zero-order valence-electron chi connectivity index (χ0n) is 8.73. The Morgan fingerprint density at radius 1 is 1.18 bits per heavy atom. The molecule has 0 radical (unpaired) electrons. The van der Waals surface area contributed by atoms with E-state index in [4.69, 9.17) is 21.4 Å². The summed E-state index contributed by atoms with van der Waals surface area (Å²) >= 11 is 5.79. The lowest BCUT2D eigenvalue weighted by molar-refractivity contribution is 0.275. The predicted molar refractivity (Wildman–Crippen MR) is 61.6 cm³/mol. The van der Waals surface area contributed by atoms with Crippen LogP contribution in [-0.2, 0) is 6.61 Å². The van der Waals surface area contributed by atoms with E-state index in [2.05, 4.69) is 4.98 Å². The molecule has 0 saturated carbocycles. The van der Waals surface area contributed by atoms with Crippen LogP contribution >= 0.6 is 11.6 Å². The quantitative estimate of drug-likeness (QED) is 0.914. The molecular weight excluding hydrogens is 245 g/mol. The highest BCUT2D eigenvalue weighted by molar-refractivity contribution is 6.31. The van der Waals surface area contributed by atoms with Crippen molar-refractivity contribution in [3.8, 4) is 11.6 Å². The molecule has 17 heavy (non-hydrogen) atoms. The zero-order valence-corrected chi connectivity index (χ0v) is 9.49. The van der Waals surface area contributed by atoms with Crippen LogP contribution in [0.15, 0.2) is 36.4 Å². The number of halogens is 2. The highest BCUT2D eigenvalue weighted by atomic mass is 35.5. The molecule has 1 aromatic carbocycles. The fourth-order valence-electron chi connectivity index (χ4n) is 1.26. The molecule has 0 fully saturated rings. The minimum atomic E-state index is -0.336. The number of aliphatic hydroxyl groups excluding tert-OH is 1. The van der Waals surface area contributed by atoms with Gasteiger partial charge >= 0.3 is 0 Å². The summed E-state index contributed by atoms with van der Waals surface area (Å²) in [5.74, 6) is 0.424. The maximum absolute atomic E-state index is 12.7. The minimum Gasteiger partial charge on any atom is -0.439 e. The maximum Gasteiger partial charge on any atom is 0.219 e. The monoisotopic (exact) mass is 253 g/mol. The van der Waals surface area contributed by atoms with Crippen molar-refractivity contribution >= 4 is 11.6 Å². The molecule has 0 bridgehead atoms. The number of nitrogens with zero attached hydrogens (tertiary/aromatic N) is 1. The highest BCUT2D eigenvalue weighted by Gasteiger charge is 2.04. The largest absolute Gasteiger partial charge is 0.439 e. The molecule has 2 rings (SSSR count). The number of ether oxygens (including phenoxy) is 1. The molecule has 1 aromatic heterocycles. The molecule has 3 nitrogen and oxygen atoms in total. The Morgan fingerprint density at radius 2 is 1.88 bits per heavy atom. The lowest BCUT2D eigenvalue weighted by Gasteiger charge is -2.06. The molecule has 0 saturated heterocycles. The maximum atomic E-state index is 12.7. The fourth-order valence-corrected chi connectivity index (χ4v) is 1.42. The lowest BCUT2D eigenvalue weighted by atomic mass is 10.3. The van der Waals surface area contributed by atoms with Crippen LogP contribution in [0.5, 0.6) is 11.6 Å². The first-order chi connectivity index (χ1) is 8.19. The van der Waals surface area contributed by atoms with Gasteiger partial charge in [0.15, 0.2) is 0 Å². The second-order valence-corrected chi connectivity index (χ2v) is 3.70. The third kappa shape index (κ3) is 2.93. The first-order valence-corrected chi connectivity index (χ1v) is 5.26. The zero-order chi connectivity index (χ0) is 12.3. The Morgan fingerprint density at radius 3 is 2.53 bits per heavy atom. The predicted octanol–water partition coefficient (Wildman–Crippen LogP) is 3.16. The van der Waals surface area contributed by atoms with Gasteiger partial charge in [-0.1, -0.05) is 11.6 Å². The molecule has 88 valence electrons. The number of hydrogen-bond acceptors (Lipinski definition) is 3. The van der Waals surface area contributed by atoms with E-state index in [1.165, 1.54) is 24.3 Å². The minimum absolute atomic E-state index is 0.264. The number of pyridine rings is 1. The van der Waals surface area contributed by atoms with Crippen LogP contribution in [0, 0.1) is 5.82 Å². The molecule has 0 aliphatic heterocycles. The van der Waals surface area contributed by atoms with E-state index in [-0.39, 0.29) is 12.4 Å². The number of hydrogen-bond donors (Lipinski definition) is 1. The Kier molecular flexibility index (Phi) is 3.56. The molecule has 5 heteroatoms. The van der Waals surface area contributed by atoms with Gasteiger partial charge in [-0.2, -0.15) is 0 Å². The Labute approximate surface area is 102 Å². The van der Waals surface area contributed by atoms with Gasteiger partial charge in [-0.15, -0.1) is 0 Å². The van der Waals surface area contributed by atoms with Gasteiger partial charge in [-0.3, -0.25) is 0 Å². The molecule has 0 amide bonds. The molecule has 1 heterocycles. The van der Waals surface area contributed by atoms with Gasteiger partial charge in [0.05, 0.1) is 17.3 Å². The van der Waals surface area contributed by atoms with Crippen molar-refractivity contribution in [3.05, 3.63) is 52.9 Å². The summed E-state index contributed by atoms with van der Waals surface area (Å²) in [6.07, 6.45) is 0. The first kappa shape index (κ1) is 11.8. The van der Waals surface area contributed by atoms with Crippen molar-refractivity contribution in [2.75, 3.05) is 0 Å². The first-order valence-electron chi connectivity index (χ1n) is 4.89. The number of rotatable bonds is 3. The van der Waals surface area contributed by atoms with Crippen molar-refractivity contribution in [1.82, 2.24) is 4.98 Å². The standard InChI is InChI=1S/C12H9ClFNO2/c13-10-5-6-12(15-11(10)7-16)17-9-3-1-8(14)2-4-9/h1-6,16H,7H2. The molecule has 0 aliphatic rings. The average Bonchev–Trinajstić information content (AvgIpc) is 2.34. The smallest absolute Gasteiger partial charge is 0.219 e. The summed E-state index contributed by atoms with van der Waals surface area (Å²) in [5, 5.41) is 9.37.